The lowest BCUT2D eigenvalue weighted by atomic mass is 10.1. The van der Waals surface area contributed by atoms with Gasteiger partial charge in [0, 0.05) is 42.0 Å². The number of sulfonamides is 1. The van der Waals surface area contributed by atoms with E-state index in [2.05, 4.69) is 15.5 Å². The zero-order chi connectivity index (χ0) is 39.8. The second kappa shape index (κ2) is 15.3. The summed E-state index contributed by atoms with van der Waals surface area (Å²) in [6, 6.07) is 15.0. The fourth-order valence-electron chi connectivity index (χ4n) is 7.20. The molecule has 4 aliphatic rings. The summed E-state index contributed by atoms with van der Waals surface area (Å²) < 4.78 is 45.5. The van der Waals surface area contributed by atoms with Gasteiger partial charge in [-0.2, -0.15) is 0 Å². The first-order chi connectivity index (χ1) is 26.7. The van der Waals surface area contributed by atoms with Crippen LogP contribution < -0.4 is 24.9 Å². The number of benzene rings is 2. The van der Waals surface area contributed by atoms with Gasteiger partial charge in [0.2, 0.25) is 15.9 Å². The van der Waals surface area contributed by atoms with Crippen LogP contribution in [0.3, 0.4) is 0 Å². The van der Waals surface area contributed by atoms with Crippen molar-refractivity contribution < 1.29 is 41.8 Å². The number of hydrogen-bond donors (Lipinski definition) is 3. The summed E-state index contributed by atoms with van der Waals surface area (Å²) in [5.41, 5.74) is 2.33. The third kappa shape index (κ3) is 8.54. The van der Waals surface area contributed by atoms with Crippen LogP contribution in [0.25, 0.3) is 22.2 Å². The van der Waals surface area contributed by atoms with Crippen molar-refractivity contribution >= 4 is 44.9 Å². The van der Waals surface area contributed by atoms with E-state index in [4.69, 9.17) is 19.2 Å². The highest BCUT2D eigenvalue weighted by Gasteiger charge is 2.62. The maximum absolute atomic E-state index is 14.5. The monoisotopic (exact) mass is 788 g/mol. The number of carbonyl (C=O) groups excluding carboxylic acids is 4. The summed E-state index contributed by atoms with van der Waals surface area (Å²) >= 11 is 0. The van der Waals surface area contributed by atoms with Gasteiger partial charge in [0.1, 0.15) is 34.8 Å². The van der Waals surface area contributed by atoms with E-state index in [9.17, 15) is 27.6 Å². The Bertz CT molecular complexity index is 2150. The van der Waals surface area contributed by atoms with Crippen molar-refractivity contribution in [3.05, 3.63) is 66.7 Å². The Morgan fingerprint density at radius 1 is 1.04 bits per heavy atom. The highest BCUT2D eigenvalue weighted by atomic mass is 32.2. The van der Waals surface area contributed by atoms with Gasteiger partial charge in [-0.25, -0.2) is 33.4 Å². The maximum Gasteiger partial charge on any atom is 0.426 e. The molecular weight excluding hydrogens is 741 g/mol. The number of methoxy groups -OCH3 is 1. The number of fused-ring (bicyclic) bond motifs is 3. The Kier molecular flexibility index (Phi) is 10.6. The largest absolute Gasteiger partial charge is 0.497 e. The summed E-state index contributed by atoms with van der Waals surface area (Å²) in [6.07, 6.45) is 5.06. The number of amides is 5. The molecule has 3 heterocycles. The third-order valence-corrected chi connectivity index (χ3v) is 12.2. The molecule has 2 aromatic carbocycles. The number of hydrazine groups is 1. The van der Waals surface area contributed by atoms with Gasteiger partial charge in [0.15, 0.2) is 0 Å². The lowest BCUT2D eigenvalue weighted by Gasteiger charge is -2.32. The van der Waals surface area contributed by atoms with Gasteiger partial charge in [0.05, 0.1) is 30.1 Å². The SMILES string of the molecule is COc1ccc2c(OC3C[C@H]4C(=O)N[C@@]5(C(=O)NS(=O)(=O)C6CC6)C[C@H]5/C=C\CCCCN(NC(=O)OC(C)(C)C)C(=O)N4C3)cc(-c3ccccc3)nc2c1. The van der Waals surface area contributed by atoms with Crippen LogP contribution in [0.15, 0.2) is 66.7 Å². The molecule has 2 aliphatic carbocycles. The minimum atomic E-state index is -3.90. The zero-order valence-electron chi connectivity index (χ0n) is 31.9. The van der Waals surface area contributed by atoms with E-state index in [0.717, 1.165) is 10.6 Å². The minimum absolute atomic E-state index is 0.0249. The van der Waals surface area contributed by atoms with E-state index < -0.39 is 68.4 Å². The Labute approximate surface area is 326 Å². The molecule has 1 saturated heterocycles. The number of aromatic nitrogens is 1. The summed E-state index contributed by atoms with van der Waals surface area (Å²) in [5, 5.41) is 4.07. The van der Waals surface area contributed by atoms with Crippen molar-refractivity contribution in [2.24, 2.45) is 5.92 Å². The number of carbonyl (C=O) groups is 4. The van der Waals surface area contributed by atoms with Crippen LogP contribution in [0.1, 0.15) is 65.7 Å². The smallest absolute Gasteiger partial charge is 0.426 e. The number of rotatable bonds is 8. The third-order valence-electron chi connectivity index (χ3n) is 10.3. The predicted octanol–water partition coefficient (Wildman–Crippen LogP) is 4.82. The molecule has 0 radical (unpaired) electrons. The average Bonchev–Trinajstić information content (AvgIpc) is 4.08. The second-order valence-corrected chi connectivity index (χ2v) is 17.8. The molecule has 7 rings (SSSR count). The fraction of sp³-hybridized carbons (Fsp3) is 0.475. The summed E-state index contributed by atoms with van der Waals surface area (Å²) in [6.45, 7) is 5.21. The van der Waals surface area contributed by atoms with Gasteiger partial charge in [0.25, 0.3) is 5.91 Å². The molecule has 1 aromatic heterocycles. The number of pyridine rings is 1. The van der Waals surface area contributed by atoms with Crippen molar-refractivity contribution in [1.82, 2.24) is 30.4 Å². The molecule has 1 unspecified atom stereocenters. The topological polar surface area (TPSA) is 186 Å². The second-order valence-electron chi connectivity index (χ2n) is 15.8. The molecule has 3 N–H and O–H groups in total. The molecule has 15 nitrogen and oxygen atoms in total. The van der Waals surface area contributed by atoms with Gasteiger partial charge in [-0.1, -0.05) is 42.5 Å². The van der Waals surface area contributed by atoms with E-state index >= 15 is 0 Å². The molecule has 298 valence electrons. The van der Waals surface area contributed by atoms with Gasteiger partial charge < -0.3 is 24.4 Å². The predicted molar refractivity (Wildman–Crippen MR) is 207 cm³/mol. The molecule has 3 fully saturated rings. The molecule has 5 amide bonds. The number of nitrogens with one attached hydrogen (secondary N) is 3. The van der Waals surface area contributed by atoms with Crippen molar-refractivity contribution in [2.45, 2.75) is 94.3 Å². The lowest BCUT2D eigenvalue weighted by molar-refractivity contribution is -0.131. The van der Waals surface area contributed by atoms with E-state index in [-0.39, 0.29) is 25.9 Å². The van der Waals surface area contributed by atoms with Crippen LogP contribution >= 0.6 is 0 Å². The van der Waals surface area contributed by atoms with Crippen molar-refractivity contribution in [3.63, 3.8) is 0 Å². The van der Waals surface area contributed by atoms with Crippen LogP contribution in [0, 0.1) is 5.92 Å². The highest BCUT2D eigenvalue weighted by Crippen LogP contribution is 2.46. The van der Waals surface area contributed by atoms with Crippen molar-refractivity contribution in [3.8, 4) is 22.8 Å². The van der Waals surface area contributed by atoms with Crippen LogP contribution in [0.2, 0.25) is 0 Å². The lowest BCUT2D eigenvalue weighted by Crippen LogP contribution is -2.59. The molecular formula is C40H48N6O9S. The Morgan fingerprint density at radius 3 is 2.52 bits per heavy atom. The van der Waals surface area contributed by atoms with Gasteiger partial charge in [-0.3, -0.25) is 14.3 Å². The number of allylic oxidation sites excluding steroid dienone is 1. The van der Waals surface area contributed by atoms with Crippen molar-refractivity contribution in [1.29, 1.82) is 0 Å². The first-order valence-corrected chi connectivity index (χ1v) is 20.5. The minimum Gasteiger partial charge on any atom is -0.497 e. The molecule has 0 spiro atoms. The van der Waals surface area contributed by atoms with Crippen LogP contribution in [-0.4, -0.2) is 96.0 Å². The first-order valence-electron chi connectivity index (χ1n) is 19.0. The van der Waals surface area contributed by atoms with E-state index in [1.165, 1.54) is 4.90 Å². The Morgan fingerprint density at radius 2 is 1.80 bits per heavy atom. The molecule has 56 heavy (non-hydrogen) atoms. The summed E-state index contributed by atoms with van der Waals surface area (Å²) in [4.78, 5) is 61.8. The summed E-state index contributed by atoms with van der Waals surface area (Å²) in [5.74, 6) is -0.818. The standard InChI is InChI=1S/C40H48N6O9S/c1-39(2,3)55-37(49)43-46-19-11-6-5-10-14-26-23-40(26,36(48)44-56(51,52)29-16-17-29)42-35(47)33-21-28(24-45(33)38(46)50)54-34-22-31(25-12-8-7-9-13-25)41-32-20-27(53-4)15-18-30(32)34/h7-10,12-15,18,20,22,26,28-29,33H,5-6,11,16-17,19,21,23-24H2,1-4H3,(H,42,47)(H,43,49)(H,44,48)/b14-10-/t26-,28?,33+,40+/m1/s1. The molecule has 16 heteroatoms. The number of hydrogen-bond acceptors (Lipinski definition) is 10. The van der Waals surface area contributed by atoms with Crippen LogP contribution in [-0.2, 0) is 24.3 Å². The number of urea groups is 1. The summed E-state index contributed by atoms with van der Waals surface area (Å²) in [7, 11) is -2.33. The quantitative estimate of drug-likeness (QED) is 0.268. The Balaban J connectivity index is 1.22. The van der Waals surface area contributed by atoms with E-state index in [1.54, 1.807) is 40.0 Å². The van der Waals surface area contributed by atoms with Gasteiger partial charge in [-0.05, 0) is 71.4 Å². The van der Waals surface area contributed by atoms with Crippen molar-refractivity contribution in [2.75, 3.05) is 20.2 Å². The zero-order valence-corrected chi connectivity index (χ0v) is 32.8. The molecule has 3 aromatic rings. The van der Waals surface area contributed by atoms with Crippen LogP contribution in [0.5, 0.6) is 11.5 Å². The Hall–Kier alpha value is -5.38. The van der Waals surface area contributed by atoms with Gasteiger partial charge in [-0.15, -0.1) is 0 Å². The molecule has 4 atom stereocenters. The first kappa shape index (κ1) is 38.9. The molecule has 2 aliphatic heterocycles. The van der Waals surface area contributed by atoms with Gasteiger partial charge >= 0.3 is 12.1 Å². The number of nitrogens with zero attached hydrogens (tertiary/aromatic N) is 3. The highest BCUT2D eigenvalue weighted by molar-refractivity contribution is 7.91. The molecule has 2 saturated carbocycles. The average molecular weight is 789 g/mol. The normalized spacial score (nSPS) is 24.9. The number of ether oxygens (including phenoxy) is 3. The van der Waals surface area contributed by atoms with E-state index in [1.807, 2.05) is 54.6 Å². The maximum atomic E-state index is 14.5. The van der Waals surface area contributed by atoms with E-state index in [0.29, 0.717) is 60.2 Å². The van der Waals surface area contributed by atoms with Crippen LogP contribution in [0.4, 0.5) is 9.59 Å². The fourth-order valence-corrected chi connectivity index (χ4v) is 8.57. The molecule has 0 bridgehead atoms.